The Hall–Kier alpha value is 2.09. The van der Waals surface area contributed by atoms with E-state index in [9.17, 15) is 9.90 Å². The van der Waals surface area contributed by atoms with E-state index in [2.05, 4.69) is 61.6 Å². The van der Waals surface area contributed by atoms with E-state index >= 15 is 4.79 Å². The van der Waals surface area contributed by atoms with E-state index in [0.717, 1.165) is 71.1 Å². The summed E-state index contributed by atoms with van der Waals surface area (Å²) in [6, 6.07) is -1.10. The first-order valence-corrected chi connectivity index (χ1v) is 59.6. The second-order valence-corrected chi connectivity index (χ2v) is 29.7. The van der Waals surface area contributed by atoms with Crippen LogP contribution in [0.2, 0.25) is 0 Å². The fourth-order valence-corrected chi connectivity index (χ4v) is 14.4. The average Bonchev–Trinajstić information content (AvgIpc) is 3.65. The number of nitrogens with one attached hydrogen (secondary N) is 1. The van der Waals surface area contributed by atoms with Crippen molar-refractivity contribution in [2.24, 2.45) is 0 Å². The number of unbranched alkanes of at least 4 members (excludes halogenated alkanes) is 56. The second-order valence-electron chi connectivity index (χ2n) is 29.7. The predicted molar refractivity (Wildman–Crippen MR) is 425 cm³/mol. The van der Waals surface area contributed by atoms with Gasteiger partial charge in [-0.2, -0.15) is 0 Å². The molecule has 0 aromatic heterocycles. The third kappa shape index (κ3) is 75.3. The summed E-state index contributed by atoms with van der Waals surface area (Å²) in [6.07, 6.45) is 86.3. The molecule has 0 fully saturated rings. The molecule has 0 radical (unpaired) electrons. The van der Waals surface area contributed by atoms with E-state index in [1.807, 2.05) is 0 Å². The van der Waals surface area contributed by atoms with Crippen molar-refractivity contribution in [1.29, 1.82) is 0 Å². The standard InChI is InChI=1S/C84H170N4O3.CH4.2K/c1-7-13-19-25-31-37-43-49-55-63-73-86(74-64-56-50-44-38-32-26-20-14-8-2)77-69-61-71-81(84(90)91)85-83(89)82(88(79-67-59-53-47-41-35-29-23-17-11-5)80-68-60-54-48-42-36-30-24-18-12-6)72-62-70-78-87(75-65-57-51-45-39-33-27-21-15-9-3)76-66-58-52-46-40-34-28-22-16-10-4;;;/h81-82H,7-80H2,1-6H3,(H,85,89)(H,90,91);1H4;;. The third-order valence-electron chi connectivity index (χ3n) is 20.7. The molecule has 0 aliphatic carbocycles. The van der Waals surface area contributed by atoms with Crippen LogP contribution in [-0.4, -0.2) is 159 Å². The molecule has 9 heteroatoms. The summed E-state index contributed by atoms with van der Waals surface area (Å²) in [7, 11) is 0. The summed E-state index contributed by atoms with van der Waals surface area (Å²) in [5.41, 5.74) is 0. The zero-order valence-corrected chi connectivity index (χ0v) is 71.8. The summed E-state index contributed by atoms with van der Waals surface area (Å²) >= 11 is 2.50. The first-order valence-electron chi connectivity index (χ1n) is 43.6. The number of rotatable bonds is 80. The van der Waals surface area contributed by atoms with Crippen LogP contribution in [0.4, 0.5) is 0 Å². The van der Waals surface area contributed by atoms with Gasteiger partial charge in [0.25, 0.3) is 0 Å². The fourth-order valence-electron chi connectivity index (χ4n) is 14.4. The van der Waals surface area contributed by atoms with E-state index in [-0.39, 0.29) is 19.4 Å². The number of carboxylic acids is 1. The maximum atomic E-state index is 15.1. The number of hydrogen-bond acceptors (Lipinski definition) is 5. The van der Waals surface area contributed by atoms with Crippen LogP contribution in [0.1, 0.15) is 473 Å². The van der Waals surface area contributed by atoms with Gasteiger partial charge in [-0.25, -0.2) is 4.79 Å². The van der Waals surface area contributed by atoms with Crippen LogP contribution in [0.3, 0.4) is 0 Å². The molecule has 0 aromatic carbocycles. The van der Waals surface area contributed by atoms with Crippen molar-refractivity contribution in [2.45, 2.75) is 485 Å². The monoisotopic (exact) mass is 1380 g/mol. The summed E-state index contributed by atoms with van der Waals surface area (Å²) in [6.45, 7) is 22.7. The molecule has 1 amide bonds. The summed E-state index contributed by atoms with van der Waals surface area (Å²) in [4.78, 5) is 36.4. The zero-order chi connectivity index (χ0) is 68.1. The van der Waals surface area contributed by atoms with Gasteiger partial charge in [0.15, 0.2) is 0 Å². The van der Waals surface area contributed by atoms with Crippen molar-refractivity contribution >= 4 is 75.0 Å². The van der Waals surface area contributed by atoms with Crippen molar-refractivity contribution in [3.8, 4) is 0 Å². The van der Waals surface area contributed by atoms with E-state index in [1.165, 1.54) is 462 Å². The Bertz CT molecular complexity index is 1340. The number of carbonyl (C=O) groups is 2. The van der Waals surface area contributed by atoms with Crippen LogP contribution < -0.4 is 5.32 Å². The van der Waals surface area contributed by atoms with Gasteiger partial charge in [0.2, 0.25) is 5.91 Å². The van der Waals surface area contributed by atoms with Gasteiger partial charge in [-0.15, -0.1) is 0 Å². The summed E-state index contributed by atoms with van der Waals surface area (Å²) in [5.74, 6) is -0.868. The Labute approximate surface area is 639 Å². The Balaban J connectivity index is -0.0000273. The van der Waals surface area contributed by atoms with Crippen LogP contribution >= 0.6 is 0 Å². The Kier molecular flexibility index (Phi) is 93.3. The van der Waals surface area contributed by atoms with Gasteiger partial charge in [-0.05, 0) is 123 Å². The first-order chi connectivity index (χ1) is 45.9. The first kappa shape index (κ1) is 100. The minimum atomic E-state index is -0.856. The van der Waals surface area contributed by atoms with Gasteiger partial charge < -0.3 is 20.2 Å². The molecular formula is C85H174K2N4O3. The second kappa shape index (κ2) is 87.5. The third-order valence-corrected chi connectivity index (χ3v) is 20.7. The Morgan fingerprint density at radius 3 is 0.638 bits per heavy atom. The number of nitrogens with zero attached hydrogens (tertiary/aromatic N) is 3. The molecule has 0 saturated heterocycles. The predicted octanol–water partition coefficient (Wildman–Crippen LogP) is 26.6. The van der Waals surface area contributed by atoms with Crippen molar-refractivity contribution < 1.29 is 14.7 Å². The molecule has 554 valence electrons. The van der Waals surface area contributed by atoms with Crippen LogP contribution in [0.5, 0.6) is 0 Å². The van der Waals surface area contributed by atoms with Crippen molar-refractivity contribution in [3.05, 3.63) is 0 Å². The SMILES string of the molecule is C.CCCCCCCCCCCCN(CCCCCCCCCCCC)CCCCC(NC(=O)C(CCCCN(CCCCCCCCCCCC)CCCCCCCCCCCC)N(CCCCCCCCCCCC)CCCCCCCCCCCC)C(=O)O.[K][K]. The maximum absolute atomic E-state index is 15.1. The molecule has 2 N–H and O–H groups in total. The molecule has 0 heterocycles. The molecule has 0 aromatic rings. The molecule has 0 aliphatic heterocycles. The van der Waals surface area contributed by atoms with Gasteiger partial charge in [-0.3, -0.25) is 9.69 Å². The van der Waals surface area contributed by atoms with Crippen molar-refractivity contribution in [2.75, 3.05) is 52.4 Å². The number of hydrogen-bond donors (Lipinski definition) is 2. The average molecular weight is 1380 g/mol. The van der Waals surface area contributed by atoms with E-state index in [0.29, 0.717) is 6.42 Å². The fraction of sp³-hybridized carbons (Fsp3) is 0.976. The Morgan fingerprint density at radius 1 is 0.266 bits per heavy atom. The molecule has 0 rings (SSSR count). The van der Waals surface area contributed by atoms with E-state index < -0.39 is 12.0 Å². The minimum absolute atomic E-state index is 0. The van der Waals surface area contributed by atoms with Crippen LogP contribution in [0.25, 0.3) is 0 Å². The van der Waals surface area contributed by atoms with Crippen LogP contribution in [-0.2, 0) is 9.59 Å². The molecule has 0 saturated carbocycles. The summed E-state index contributed by atoms with van der Waals surface area (Å²) in [5, 5.41) is 14.1. The van der Waals surface area contributed by atoms with Gasteiger partial charge in [0, 0.05) is 0 Å². The van der Waals surface area contributed by atoms with Gasteiger partial charge in [-0.1, -0.05) is 402 Å². The van der Waals surface area contributed by atoms with Gasteiger partial charge in [0.1, 0.15) is 6.04 Å². The molecule has 2 atom stereocenters. The van der Waals surface area contributed by atoms with E-state index in [4.69, 9.17) is 0 Å². The quantitative estimate of drug-likeness (QED) is 0.0467. The van der Waals surface area contributed by atoms with Crippen molar-refractivity contribution in [3.63, 3.8) is 0 Å². The van der Waals surface area contributed by atoms with Crippen LogP contribution in [0.15, 0.2) is 0 Å². The number of aliphatic carboxylic acids is 1. The molecular weight excluding hydrogens is 1200 g/mol. The van der Waals surface area contributed by atoms with Crippen molar-refractivity contribution in [1.82, 2.24) is 20.0 Å². The number of carbonyl (C=O) groups excluding carboxylic acids is 1. The molecule has 7 nitrogen and oxygen atoms in total. The van der Waals surface area contributed by atoms with Gasteiger partial charge >= 0.3 is 69.1 Å². The molecule has 0 aliphatic rings. The van der Waals surface area contributed by atoms with Crippen LogP contribution in [0, 0.1) is 0 Å². The number of carboxylic acid groups (broad SMARTS) is 1. The normalized spacial score (nSPS) is 12.3. The molecule has 94 heavy (non-hydrogen) atoms. The summed E-state index contributed by atoms with van der Waals surface area (Å²) < 4.78 is 0. The number of amides is 1. The van der Waals surface area contributed by atoms with E-state index in [1.54, 1.807) is 0 Å². The molecule has 0 spiro atoms. The van der Waals surface area contributed by atoms with Gasteiger partial charge in [0.05, 0.1) is 6.04 Å². The zero-order valence-electron chi connectivity index (χ0n) is 65.6. The topological polar surface area (TPSA) is 76.1 Å². The molecule has 2 unspecified atom stereocenters. The Morgan fingerprint density at radius 2 is 0.436 bits per heavy atom. The molecule has 0 bridgehead atoms.